The molecule has 2 heterocycles. The Morgan fingerprint density at radius 2 is 1.70 bits per heavy atom. The average molecular weight is 318 g/mol. The molecule has 1 N–H and O–H groups in total. The topological polar surface area (TPSA) is 50.2 Å². The largest absolute Gasteiger partial charge is 0.364 e. The van der Waals surface area contributed by atoms with Gasteiger partial charge >= 0.3 is 0 Å². The zero-order valence-corrected chi connectivity index (χ0v) is 15.3. The maximum Gasteiger partial charge on any atom is 0.274 e. The minimum Gasteiger partial charge on any atom is -0.364 e. The number of aryl methyl sites for hydroxylation is 1. The lowest BCUT2D eigenvalue weighted by Gasteiger charge is -2.15. The maximum atomic E-state index is 12.0. The molecular weight excluding hydrogens is 288 g/mol. The molecule has 2 aromatic rings. The van der Waals surface area contributed by atoms with Crippen molar-refractivity contribution in [1.82, 2.24) is 14.7 Å². The van der Waals surface area contributed by atoms with Gasteiger partial charge in [0.25, 0.3) is 5.56 Å². The second-order valence-electron chi connectivity index (χ2n) is 5.22. The number of nitrogens with one attached hydrogen (secondary N) is 1. The van der Waals surface area contributed by atoms with E-state index in [-0.39, 0.29) is 5.56 Å². The van der Waals surface area contributed by atoms with Crippen molar-refractivity contribution in [1.29, 1.82) is 0 Å². The normalized spacial score (nSPS) is 17.0. The smallest absolute Gasteiger partial charge is 0.274 e. The molecule has 1 fully saturated rings. The Kier molecular flexibility index (Phi) is 7.75. The Morgan fingerprint density at radius 1 is 1.09 bits per heavy atom. The van der Waals surface area contributed by atoms with Crippen LogP contribution in [0.25, 0.3) is 10.8 Å². The van der Waals surface area contributed by atoms with Gasteiger partial charge in [-0.2, -0.15) is 5.10 Å². The van der Waals surface area contributed by atoms with E-state index >= 15 is 0 Å². The highest BCUT2D eigenvalue weighted by molar-refractivity contribution is 5.90. The van der Waals surface area contributed by atoms with Gasteiger partial charge in [0, 0.05) is 25.0 Å². The first-order chi connectivity index (χ1) is 11.1. The number of likely N-dealkylation sites (tertiary alicyclic amines) is 1. The molecule has 0 aliphatic carbocycles. The number of rotatable bonds is 2. The molecule has 1 aromatic carbocycles. The van der Waals surface area contributed by atoms with Gasteiger partial charge in [-0.05, 0) is 26.1 Å². The van der Waals surface area contributed by atoms with Crippen LogP contribution < -0.4 is 10.9 Å². The van der Waals surface area contributed by atoms with Crippen molar-refractivity contribution in [3.63, 3.8) is 0 Å². The van der Waals surface area contributed by atoms with E-state index in [1.807, 2.05) is 52.0 Å². The van der Waals surface area contributed by atoms with Crippen LogP contribution >= 0.6 is 0 Å². The van der Waals surface area contributed by atoms with Gasteiger partial charge in [-0.15, -0.1) is 0 Å². The second kappa shape index (κ2) is 9.30. The summed E-state index contributed by atoms with van der Waals surface area (Å²) in [5, 5.41) is 9.45. The van der Waals surface area contributed by atoms with E-state index in [9.17, 15) is 4.79 Å². The molecule has 23 heavy (non-hydrogen) atoms. The van der Waals surface area contributed by atoms with Crippen molar-refractivity contribution in [2.75, 3.05) is 25.5 Å². The highest BCUT2D eigenvalue weighted by Gasteiger charge is 2.20. The van der Waals surface area contributed by atoms with Gasteiger partial charge in [-0.3, -0.25) is 4.79 Å². The van der Waals surface area contributed by atoms with E-state index in [1.54, 1.807) is 7.05 Å². The van der Waals surface area contributed by atoms with Crippen LogP contribution in [0.4, 0.5) is 5.82 Å². The zero-order chi connectivity index (χ0) is 17.4. The highest BCUT2D eigenvalue weighted by Crippen LogP contribution is 2.20. The van der Waals surface area contributed by atoms with E-state index in [0.29, 0.717) is 11.4 Å². The van der Waals surface area contributed by atoms with E-state index in [4.69, 9.17) is 0 Å². The standard InChI is InChI=1S/C14H18N4O.2C2H6/c1-17-8-7-10(9-17)15-13-11-5-3-4-6-12(11)14(19)18(2)16-13;2*1-2/h3-6,10H,7-9H2,1-2H3,(H,15,16);2*1-2H3. The number of benzene rings is 1. The van der Waals surface area contributed by atoms with Crippen LogP contribution in [0.5, 0.6) is 0 Å². The Balaban J connectivity index is 0.000000615. The number of nitrogens with zero attached hydrogens (tertiary/aromatic N) is 3. The molecule has 0 bridgehead atoms. The summed E-state index contributed by atoms with van der Waals surface area (Å²) < 4.78 is 1.41. The molecular formula is C18H30N4O. The fourth-order valence-electron chi connectivity index (χ4n) is 2.65. The van der Waals surface area contributed by atoms with E-state index in [1.165, 1.54) is 4.68 Å². The van der Waals surface area contributed by atoms with E-state index < -0.39 is 0 Å². The number of aromatic nitrogens is 2. The van der Waals surface area contributed by atoms with Crippen molar-refractivity contribution >= 4 is 16.6 Å². The fourth-order valence-corrected chi connectivity index (χ4v) is 2.65. The molecule has 128 valence electrons. The first-order valence-electron chi connectivity index (χ1n) is 8.56. The predicted molar refractivity (Wildman–Crippen MR) is 99.2 cm³/mol. The van der Waals surface area contributed by atoms with Gasteiger partial charge in [-0.25, -0.2) is 4.68 Å². The summed E-state index contributed by atoms with van der Waals surface area (Å²) in [5.41, 5.74) is -0.0512. The molecule has 5 heteroatoms. The molecule has 1 aliphatic heterocycles. The summed E-state index contributed by atoms with van der Waals surface area (Å²) >= 11 is 0. The van der Waals surface area contributed by atoms with Crippen LogP contribution in [0.2, 0.25) is 0 Å². The molecule has 1 atom stereocenters. The van der Waals surface area contributed by atoms with E-state index in [2.05, 4.69) is 22.4 Å². The lowest BCUT2D eigenvalue weighted by molar-refractivity contribution is 0.414. The highest BCUT2D eigenvalue weighted by atomic mass is 16.1. The molecule has 1 aromatic heterocycles. The third-order valence-electron chi connectivity index (χ3n) is 3.69. The third kappa shape index (κ3) is 4.55. The SMILES string of the molecule is CC.CC.CN1CCC(Nc2nn(C)c(=O)c3ccccc23)C1. The molecule has 1 saturated heterocycles. The van der Waals surface area contributed by atoms with Crippen LogP contribution in [0.1, 0.15) is 34.1 Å². The average Bonchev–Trinajstić information content (AvgIpc) is 3.01. The summed E-state index contributed by atoms with van der Waals surface area (Å²) in [4.78, 5) is 14.3. The Hall–Kier alpha value is -1.88. The predicted octanol–water partition coefficient (Wildman–Crippen LogP) is 3.10. The lowest BCUT2D eigenvalue weighted by Crippen LogP contribution is -2.27. The van der Waals surface area contributed by atoms with Crippen molar-refractivity contribution in [2.45, 2.75) is 40.2 Å². The first-order valence-corrected chi connectivity index (χ1v) is 8.56. The van der Waals surface area contributed by atoms with Gasteiger partial charge in [-0.1, -0.05) is 45.9 Å². The Labute approximate surface area is 139 Å². The molecule has 0 amide bonds. The van der Waals surface area contributed by atoms with Crippen molar-refractivity contribution < 1.29 is 0 Å². The van der Waals surface area contributed by atoms with Crippen LogP contribution in [-0.2, 0) is 7.05 Å². The van der Waals surface area contributed by atoms with Gasteiger partial charge < -0.3 is 10.2 Å². The van der Waals surface area contributed by atoms with Crippen molar-refractivity contribution in [2.24, 2.45) is 7.05 Å². The minimum atomic E-state index is -0.0512. The molecule has 0 radical (unpaired) electrons. The van der Waals surface area contributed by atoms with E-state index in [0.717, 1.165) is 30.7 Å². The number of likely N-dealkylation sites (N-methyl/N-ethyl adjacent to an activating group) is 1. The van der Waals surface area contributed by atoms with Gasteiger partial charge in [0.15, 0.2) is 5.82 Å². The molecule has 0 saturated carbocycles. The van der Waals surface area contributed by atoms with Crippen LogP contribution in [0.3, 0.4) is 0 Å². The van der Waals surface area contributed by atoms with Crippen LogP contribution in [0.15, 0.2) is 29.1 Å². The van der Waals surface area contributed by atoms with Gasteiger partial charge in [0.2, 0.25) is 0 Å². The number of hydrogen-bond donors (Lipinski definition) is 1. The second-order valence-corrected chi connectivity index (χ2v) is 5.22. The number of fused-ring (bicyclic) bond motifs is 1. The molecule has 5 nitrogen and oxygen atoms in total. The molecule has 3 rings (SSSR count). The van der Waals surface area contributed by atoms with Crippen LogP contribution in [0, 0.1) is 0 Å². The summed E-state index contributed by atoms with van der Waals surface area (Å²) in [6, 6.07) is 8.03. The van der Waals surface area contributed by atoms with Crippen molar-refractivity contribution in [3.8, 4) is 0 Å². The monoisotopic (exact) mass is 318 g/mol. The first kappa shape index (κ1) is 19.2. The van der Waals surface area contributed by atoms with Gasteiger partial charge in [0.1, 0.15) is 0 Å². The summed E-state index contributed by atoms with van der Waals surface area (Å²) in [5.74, 6) is 0.804. The lowest BCUT2D eigenvalue weighted by atomic mass is 10.1. The number of anilines is 1. The Morgan fingerprint density at radius 3 is 2.26 bits per heavy atom. The van der Waals surface area contributed by atoms with Crippen LogP contribution in [-0.4, -0.2) is 40.9 Å². The maximum absolute atomic E-state index is 12.0. The molecule has 1 aliphatic rings. The third-order valence-corrected chi connectivity index (χ3v) is 3.69. The number of hydrogen-bond acceptors (Lipinski definition) is 4. The summed E-state index contributed by atoms with van der Waals surface area (Å²) in [6.45, 7) is 10.1. The summed E-state index contributed by atoms with van der Waals surface area (Å²) in [7, 11) is 3.81. The molecule has 1 unspecified atom stereocenters. The fraction of sp³-hybridized carbons (Fsp3) is 0.556. The quantitative estimate of drug-likeness (QED) is 0.924. The van der Waals surface area contributed by atoms with Crippen molar-refractivity contribution in [3.05, 3.63) is 34.6 Å². The Bertz CT molecular complexity index is 666. The minimum absolute atomic E-state index is 0.0512. The zero-order valence-electron chi connectivity index (χ0n) is 15.3. The molecule has 0 spiro atoms. The summed E-state index contributed by atoms with van der Waals surface area (Å²) in [6.07, 6.45) is 1.11. The van der Waals surface area contributed by atoms with Gasteiger partial charge in [0.05, 0.1) is 5.39 Å².